The summed E-state index contributed by atoms with van der Waals surface area (Å²) in [7, 11) is 0. The first-order valence-corrected chi connectivity index (χ1v) is 12.3. The molecule has 1 saturated heterocycles. The van der Waals surface area contributed by atoms with Crippen LogP contribution in [0.15, 0.2) is 78.9 Å². The number of para-hydroxylation sites is 1. The molecule has 3 aromatic carbocycles. The molecule has 0 bridgehead atoms. The number of anilines is 2. The van der Waals surface area contributed by atoms with E-state index in [1.165, 1.54) is 4.90 Å². The molecule has 1 atom stereocenters. The van der Waals surface area contributed by atoms with E-state index in [0.29, 0.717) is 35.0 Å². The van der Waals surface area contributed by atoms with E-state index >= 15 is 0 Å². The fourth-order valence-electron chi connectivity index (χ4n) is 3.85. The number of ether oxygens (including phenoxy) is 3. The molecule has 0 aromatic heterocycles. The number of esters is 2. The average molecular weight is 517 g/mol. The number of nitrogens with zero attached hydrogens (tertiary/aromatic N) is 1. The van der Waals surface area contributed by atoms with Crippen LogP contribution in [0, 0.1) is 5.92 Å². The van der Waals surface area contributed by atoms with Crippen molar-refractivity contribution in [3.8, 4) is 11.5 Å². The standard InChI is InChI=1S/C29H28N2O7/c1-2-16-36-28(34)20-8-12-23(13-9-20)31-18-21(17-27(31)33)29(35)37-19-26(32)30-22-10-14-25(15-11-22)38-24-6-4-3-5-7-24/h3-15,21H,2,16-19H2,1H3,(H,30,32)/t21-/m0/s1. The molecule has 1 aliphatic rings. The third-order valence-electron chi connectivity index (χ3n) is 5.77. The summed E-state index contributed by atoms with van der Waals surface area (Å²) < 4.78 is 16.0. The highest BCUT2D eigenvalue weighted by molar-refractivity contribution is 6.00. The summed E-state index contributed by atoms with van der Waals surface area (Å²) in [5.74, 6) is -1.17. The van der Waals surface area contributed by atoms with E-state index in [0.717, 1.165) is 6.42 Å². The molecule has 196 valence electrons. The predicted molar refractivity (Wildman–Crippen MR) is 140 cm³/mol. The van der Waals surface area contributed by atoms with Gasteiger partial charge in [0.05, 0.1) is 18.1 Å². The smallest absolute Gasteiger partial charge is 0.338 e. The van der Waals surface area contributed by atoms with Gasteiger partial charge in [0.2, 0.25) is 5.91 Å². The molecule has 1 N–H and O–H groups in total. The molecule has 1 fully saturated rings. The zero-order chi connectivity index (χ0) is 26.9. The van der Waals surface area contributed by atoms with Crippen LogP contribution in [0.5, 0.6) is 11.5 Å². The lowest BCUT2D eigenvalue weighted by molar-refractivity contribution is -0.151. The first-order valence-electron chi connectivity index (χ1n) is 12.3. The summed E-state index contributed by atoms with van der Waals surface area (Å²) in [6, 6.07) is 22.5. The van der Waals surface area contributed by atoms with Crippen molar-refractivity contribution in [2.24, 2.45) is 5.92 Å². The highest BCUT2D eigenvalue weighted by atomic mass is 16.5. The molecule has 9 nitrogen and oxygen atoms in total. The molecule has 0 radical (unpaired) electrons. The third kappa shape index (κ3) is 6.97. The van der Waals surface area contributed by atoms with Gasteiger partial charge in [0.15, 0.2) is 6.61 Å². The number of benzene rings is 3. The van der Waals surface area contributed by atoms with E-state index in [-0.39, 0.29) is 18.9 Å². The number of hydrogen-bond donors (Lipinski definition) is 1. The van der Waals surface area contributed by atoms with E-state index in [4.69, 9.17) is 14.2 Å². The molecule has 0 unspecified atom stereocenters. The lowest BCUT2D eigenvalue weighted by Gasteiger charge is -2.17. The van der Waals surface area contributed by atoms with Gasteiger partial charge in [-0.1, -0.05) is 25.1 Å². The molecule has 1 aliphatic heterocycles. The highest BCUT2D eigenvalue weighted by Crippen LogP contribution is 2.27. The van der Waals surface area contributed by atoms with Crippen LogP contribution in [-0.4, -0.2) is 43.5 Å². The second-order valence-electron chi connectivity index (χ2n) is 8.68. The van der Waals surface area contributed by atoms with Gasteiger partial charge in [-0.15, -0.1) is 0 Å². The summed E-state index contributed by atoms with van der Waals surface area (Å²) in [4.78, 5) is 50.7. The quantitative estimate of drug-likeness (QED) is 0.393. The largest absolute Gasteiger partial charge is 0.462 e. The van der Waals surface area contributed by atoms with Crippen molar-refractivity contribution in [1.29, 1.82) is 0 Å². The average Bonchev–Trinajstić information content (AvgIpc) is 3.33. The lowest BCUT2D eigenvalue weighted by atomic mass is 10.1. The van der Waals surface area contributed by atoms with Crippen LogP contribution in [0.2, 0.25) is 0 Å². The Morgan fingerprint density at radius 2 is 1.58 bits per heavy atom. The maximum atomic E-state index is 12.5. The molecule has 4 rings (SSSR count). The number of nitrogens with one attached hydrogen (secondary N) is 1. The van der Waals surface area contributed by atoms with Crippen molar-refractivity contribution < 1.29 is 33.4 Å². The van der Waals surface area contributed by atoms with Gasteiger partial charge in [0.1, 0.15) is 11.5 Å². The summed E-state index contributed by atoms with van der Waals surface area (Å²) in [5, 5.41) is 2.66. The molecule has 2 amide bonds. The van der Waals surface area contributed by atoms with Gasteiger partial charge < -0.3 is 24.4 Å². The van der Waals surface area contributed by atoms with Crippen LogP contribution in [0.3, 0.4) is 0 Å². The minimum absolute atomic E-state index is 0.0242. The highest BCUT2D eigenvalue weighted by Gasteiger charge is 2.36. The van der Waals surface area contributed by atoms with Crippen molar-refractivity contribution in [3.05, 3.63) is 84.4 Å². The molecule has 0 saturated carbocycles. The molecule has 38 heavy (non-hydrogen) atoms. The molecule has 1 heterocycles. The van der Waals surface area contributed by atoms with Gasteiger partial charge in [-0.05, 0) is 67.1 Å². The number of hydrogen-bond acceptors (Lipinski definition) is 7. The fraction of sp³-hybridized carbons (Fsp3) is 0.241. The van der Waals surface area contributed by atoms with Crippen LogP contribution in [0.4, 0.5) is 11.4 Å². The molecular weight excluding hydrogens is 488 g/mol. The van der Waals surface area contributed by atoms with Crippen molar-refractivity contribution in [1.82, 2.24) is 0 Å². The minimum atomic E-state index is -0.695. The molecule has 3 aromatic rings. The first-order chi connectivity index (χ1) is 18.4. The Morgan fingerprint density at radius 1 is 0.895 bits per heavy atom. The van der Waals surface area contributed by atoms with Crippen LogP contribution in [-0.2, 0) is 23.9 Å². The second kappa shape index (κ2) is 12.5. The van der Waals surface area contributed by atoms with E-state index in [2.05, 4.69) is 5.32 Å². The Kier molecular flexibility index (Phi) is 8.71. The van der Waals surface area contributed by atoms with Crippen LogP contribution < -0.4 is 15.0 Å². The van der Waals surface area contributed by atoms with Crippen molar-refractivity contribution in [2.75, 3.05) is 30.0 Å². The van der Waals surface area contributed by atoms with Crippen molar-refractivity contribution in [3.63, 3.8) is 0 Å². The van der Waals surface area contributed by atoms with Crippen molar-refractivity contribution >= 4 is 35.1 Å². The van der Waals surface area contributed by atoms with Gasteiger partial charge in [0.25, 0.3) is 5.91 Å². The normalized spacial score (nSPS) is 14.6. The number of carbonyl (C=O) groups excluding carboxylic acids is 4. The SMILES string of the molecule is CCCOC(=O)c1ccc(N2C[C@@H](C(=O)OCC(=O)Nc3ccc(Oc4ccccc4)cc3)CC2=O)cc1. The van der Waals surface area contributed by atoms with Gasteiger partial charge in [-0.2, -0.15) is 0 Å². The number of amides is 2. The molecule has 0 aliphatic carbocycles. The minimum Gasteiger partial charge on any atom is -0.462 e. The second-order valence-corrected chi connectivity index (χ2v) is 8.68. The monoisotopic (exact) mass is 516 g/mol. The zero-order valence-electron chi connectivity index (χ0n) is 20.9. The summed E-state index contributed by atoms with van der Waals surface area (Å²) >= 11 is 0. The Morgan fingerprint density at radius 3 is 2.26 bits per heavy atom. The van der Waals surface area contributed by atoms with Crippen LogP contribution in [0.25, 0.3) is 0 Å². The Bertz CT molecular complexity index is 1270. The first kappa shape index (κ1) is 26.4. The van der Waals surface area contributed by atoms with E-state index in [9.17, 15) is 19.2 Å². The van der Waals surface area contributed by atoms with E-state index in [1.54, 1.807) is 48.5 Å². The number of rotatable bonds is 10. The fourth-order valence-corrected chi connectivity index (χ4v) is 3.85. The van der Waals surface area contributed by atoms with Gasteiger partial charge in [0, 0.05) is 24.3 Å². The van der Waals surface area contributed by atoms with Crippen LogP contribution in [0.1, 0.15) is 30.1 Å². The maximum Gasteiger partial charge on any atom is 0.338 e. The van der Waals surface area contributed by atoms with Gasteiger partial charge in [-0.3, -0.25) is 14.4 Å². The third-order valence-corrected chi connectivity index (χ3v) is 5.77. The van der Waals surface area contributed by atoms with Crippen molar-refractivity contribution in [2.45, 2.75) is 19.8 Å². The van der Waals surface area contributed by atoms with Gasteiger partial charge >= 0.3 is 11.9 Å². The number of carbonyl (C=O) groups is 4. The summed E-state index contributed by atoms with van der Waals surface area (Å²) in [6.45, 7) is 1.90. The maximum absolute atomic E-state index is 12.5. The van der Waals surface area contributed by atoms with E-state index < -0.39 is 30.4 Å². The molecular formula is C29H28N2O7. The predicted octanol–water partition coefficient (Wildman–Crippen LogP) is 4.58. The Hall–Kier alpha value is -4.66. The Labute approximate surface area is 220 Å². The summed E-state index contributed by atoms with van der Waals surface area (Å²) in [5.41, 5.74) is 1.47. The summed E-state index contributed by atoms with van der Waals surface area (Å²) in [6.07, 6.45) is 0.701. The molecule has 9 heteroatoms. The topological polar surface area (TPSA) is 111 Å². The molecule has 0 spiro atoms. The van der Waals surface area contributed by atoms with Gasteiger partial charge in [-0.25, -0.2) is 4.79 Å². The Balaban J connectivity index is 1.23. The zero-order valence-corrected chi connectivity index (χ0v) is 20.9. The van der Waals surface area contributed by atoms with Crippen LogP contribution >= 0.6 is 0 Å². The lowest BCUT2D eigenvalue weighted by Crippen LogP contribution is -2.28. The van der Waals surface area contributed by atoms with E-state index in [1.807, 2.05) is 37.3 Å².